The summed E-state index contributed by atoms with van der Waals surface area (Å²) in [7, 11) is 1.37. The molecule has 29 heavy (non-hydrogen) atoms. The Morgan fingerprint density at radius 1 is 1.34 bits per heavy atom. The van der Waals surface area contributed by atoms with E-state index >= 15 is 0 Å². The number of esters is 1. The van der Waals surface area contributed by atoms with Gasteiger partial charge in [-0.1, -0.05) is 29.8 Å². The number of halogens is 1. The van der Waals surface area contributed by atoms with Gasteiger partial charge in [0.2, 0.25) is 0 Å². The van der Waals surface area contributed by atoms with Crippen molar-refractivity contribution in [1.82, 2.24) is 14.5 Å². The minimum atomic E-state index is -0.375. The molecule has 1 aliphatic rings. The normalized spacial score (nSPS) is 17.4. The summed E-state index contributed by atoms with van der Waals surface area (Å²) in [6, 6.07) is 12.5. The fraction of sp³-hybridized carbons (Fsp3) is 0.304. The SMILES string of the molecule is COC(=O)C=Cc1ccc([C@@H]2CCCN2CCc2cnn3ccccc23)c(Cl)c1. The van der Waals surface area contributed by atoms with Gasteiger partial charge in [-0.25, -0.2) is 9.31 Å². The number of benzene rings is 1. The highest BCUT2D eigenvalue weighted by Crippen LogP contribution is 2.36. The van der Waals surface area contributed by atoms with E-state index in [4.69, 9.17) is 11.6 Å². The largest absolute Gasteiger partial charge is 0.466 e. The van der Waals surface area contributed by atoms with Crippen molar-refractivity contribution in [1.29, 1.82) is 0 Å². The lowest BCUT2D eigenvalue weighted by atomic mass is 10.0. The van der Waals surface area contributed by atoms with Gasteiger partial charge in [0.05, 0.1) is 18.8 Å². The predicted octanol–water partition coefficient (Wildman–Crippen LogP) is 4.55. The predicted molar refractivity (Wildman–Crippen MR) is 115 cm³/mol. The van der Waals surface area contributed by atoms with E-state index in [1.54, 1.807) is 6.08 Å². The Morgan fingerprint density at radius 2 is 2.24 bits per heavy atom. The van der Waals surface area contributed by atoms with E-state index in [1.165, 1.54) is 30.7 Å². The first-order valence-electron chi connectivity index (χ1n) is 9.86. The first kappa shape index (κ1) is 19.7. The van der Waals surface area contributed by atoms with Crippen LogP contribution in [0.15, 0.2) is 54.9 Å². The Balaban J connectivity index is 1.46. The first-order chi connectivity index (χ1) is 14.2. The van der Waals surface area contributed by atoms with Crippen molar-refractivity contribution >= 4 is 29.2 Å². The van der Waals surface area contributed by atoms with Crippen LogP contribution in [-0.4, -0.2) is 40.7 Å². The lowest BCUT2D eigenvalue weighted by Crippen LogP contribution is -2.26. The molecule has 0 N–H and O–H groups in total. The van der Waals surface area contributed by atoms with Gasteiger partial charge in [-0.05, 0) is 66.8 Å². The van der Waals surface area contributed by atoms with Gasteiger partial charge in [0.25, 0.3) is 0 Å². The smallest absolute Gasteiger partial charge is 0.330 e. The van der Waals surface area contributed by atoms with Crippen LogP contribution in [0.3, 0.4) is 0 Å². The zero-order valence-electron chi connectivity index (χ0n) is 16.4. The summed E-state index contributed by atoms with van der Waals surface area (Å²) in [4.78, 5) is 13.8. The third-order valence-electron chi connectivity index (χ3n) is 5.53. The molecule has 3 heterocycles. The van der Waals surface area contributed by atoms with Crippen LogP contribution in [0.1, 0.15) is 35.6 Å². The molecule has 0 saturated carbocycles. The number of pyridine rings is 1. The summed E-state index contributed by atoms with van der Waals surface area (Å²) in [5.74, 6) is -0.375. The van der Waals surface area contributed by atoms with E-state index in [-0.39, 0.29) is 5.97 Å². The van der Waals surface area contributed by atoms with Crippen LogP contribution in [0.2, 0.25) is 5.02 Å². The van der Waals surface area contributed by atoms with Gasteiger partial charge < -0.3 is 4.74 Å². The molecule has 3 aromatic rings. The van der Waals surface area contributed by atoms with E-state index in [2.05, 4.69) is 32.9 Å². The lowest BCUT2D eigenvalue weighted by Gasteiger charge is -2.25. The summed E-state index contributed by atoms with van der Waals surface area (Å²) < 4.78 is 6.56. The Morgan fingerprint density at radius 3 is 3.07 bits per heavy atom. The number of carbonyl (C=O) groups is 1. The van der Waals surface area contributed by atoms with E-state index in [9.17, 15) is 4.79 Å². The van der Waals surface area contributed by atoms with Crippen LogP contribution in [0.5, 0.6) is 0 Å². The van der Waals surface area contributed by atoms with Gasteiger partial charge in [-0.2, -0.15) is 5.10 Å². The summed E-state index contributed by atoms with van der Waals surface area (Å²) in [6.45, 7) is 2.05. The number of methoxy groups -OCH3 is 1. The van der Waals surface area contributed by atoms with Crippen molar-refractivity contribution < 1.29 is 9.53 Å². The van der Waals surface area contributed by atoms with E-state index in [1.807, 2.05) is 35.1 Å². The van der Waals surface area contributed by atoms with Crippen molar-refractivity contribution in [3.8, 4) is 0 Å². The average molecular weight is 410 g/mol. The van der Waals surface area contributed by atoms with Crippen molar-refractivity contribution in [2.45, 2.75) is 25.3 Å². The standard InChI is InChI=1S/C23H24ClN3O2/c1-29-23(28)10-8-17-7-9-19(20(24)15-17)22-6-4-12-26(22)14-11-18-16-25-27-13-3-2-5-21(18)27/h2-3,5,7-10,13,15-16,22H,4,6,11-12,14H2,1H3/t22-/m0/s1. The number of carbonyl (C=O) groups excluding carboxylic acids is 1. The molecule has 1 fully saturated rings. The molecule has 0 aliphatic carbocycles. The molecule has 0 bridgehead atoms. The molecule has 2 aromatic heterocycles. The number of hydrogen-bond donors (Lipinski definition) is 0. The number of rotatable bonds is 6. The van der Waals surface area contributed by atoms with Crippen LogP contribution in [-0.2, 0) is 16.0 Å². The van der Waals surface area contributed by atoms with Crippen LogP contribution in [0, 0.1) is 0 Å². The van der Waals surface area contributed by atoms with E-state index in [0.29, 0.717) is 6.04 Å². The molecule has 1 aromatic carbocycles. The first-order valence-corrected chi connectivity index (χ1v) is 10.2. The maximum atomic E-state index is 11.3. The topological polar surface area (TPSA) is 46.8 Å². The Hall–Kier alpha value is -2.63. The molecule has 1 atom stereocenters. The molecular formula is C23H24ClN3O2. The number of fused-ring (bicyclic) bond motifs is 1. The highest BCUT2D eigenvalue weighted by molar-refractivity contribution is 6.31. The number of nitrogens with zero attached hydrogens (tertiary/aromatic N) is 3. The molecule has 0 radical (unpaired) electrons. The van der Waals surface area contributed by atoms with E-state index < -0.39 is 0 Å². The van der Waals surface area contributed by atoms with E-state index in [0.717, 1.165) is 42.1 Å². The summed E-state index contributed by atoms with van der Waals surface area (Å²) in [5, 5.41) is 5.18. The number of ether oxygens (including phenoxy) is 1. The average Bonchev–Trinajstić information content (AvgIpc) is 3.37. The van der Waals surface area contributed by atoms with Gasteiger partial charge in [-0.3, -0.25) is 4.90 Å². The molecule has 1 saturated heterocycles. The van der Waals surface area contributed by atoms with Crippen molar-refractivity contribution in [2.24, 2.45) is 0 Å². The van der Waals surface area contributed by atoms with Crippen molar-refractivity contribution in [2.75, 3.05) is 20.2 Å². The highest BCUT2D eigenvalue weighted by Gasteiger charge is 2.27. The summed E-state index contributed by atoms with van der Waals surface area (Å²) in [6.07, 6.45) is 10.3. The monoisotopic (exact) mass is 409 g/mol. The second-order valence-electron chi connectivity index (χ2n) is 7.28. The van der Waals surface area contributed by atoms with Crippen LogP contribution >= 0.6 is 11.6 Å². The summed E-state index contributed by atoms with van der Waals surface area (Å²) >= 11 is 6.61. The molecule has 6 heteroatoms. The minimum Gasteiger partial charge on any atom is -0.466 e. The van der Waals surface area contributed by atoms with Gasteiger partial charge in [0.15, 0.2) is 0 Å². The Labute approximate surface area is 175 Å². The molecular weight excluding hydrogens is 386 g/mol. The zero-order valence-corrected chi connectivity index (χ0v) is 17.2. The molecule has 0 unspecified atom stereocenters. The van der Waals surface area contributed by atoms with Crippen LogP contribution in [0.4, 0.5) is 0 Å². The Bertz CT molecular complexity index is 1040. The molecule has 5 nitrogen and oxygen atoms in total. The molecule has 4 rings (SSSR count). The van der Waals surface area contributed by atoms with Crippen molar-refractivity contribution in [3.63, 3.8) is 0 Å². The summed E-state index contributed by atoms with van der Waals surface area (Å²) in [5.41, 5.74) is 4.48. The Kier molecular flexibility index (Phi) is 5.97. The van der Waals surface area contributed by atoms with Gasteiger partial charge in [0.1, 0.15) is 0 Å². The quantitative estimate of drug-likeness (QED) is 0.442. The lowest BCUT2D eigenvalue weighted by molar-refractivity contribution is -0.134. The molecule has 0 amide bonds. The number of hydrogen-bond acceptors (Lipinski definition) is 4. The molecule has 0 spiro atoms. The minimum absolute atomic E-state index is 0.322. The van der Waals surface area contributed by atoms with Gasteiger partial charge in [-0.15, -0.1) is 0 Å². The fourth-order valence-electron chi connectivity index (χ4n) is 4.04. The molecule has 1 aliphatic heterocycles. The van der Waals surface area contributed by atoms with Gasteiger partial charge >= 0.3 is 5.97 Å². The second kappa shape index (κ2) is 8.80. The van der Waals surface area contributed by atoms with Gasteiger partial charge in [0, 0.05) is 29.9 Å². The molecule has 150 valence electrons. The zero-order chi connectivity index (χ0) is 20.2. The van der Waals surface area contributed by atoms with Crippen LogP contribution < -0.4 is 0 Å². The third kappa shape index (κ3) is 4.36. The highest BCUT2D eigenvalue weighted by atomic mass is 35.5. The maximum absolute atomic E-state index is 11.3. The fourth-order valence-corrected chi connectivity index (χ4v) is 4.35. The number of aromatic nitrogens is 2. The second-order valence-corrected chi connectivity index (χ2v) is 7.69. The van der Waals surface area contributed by atoms with Crippen LogP contribution in [0.25, 0.3) is 11.6 Å². The third-order valence-corrected chi connectivity index (χ3v) is 5.86. The van der Waals surface area contributed by atoms with Crippen molar-refractivity contribution in [3.05, 3.63) is 76.6 Å². The number of likely N-dealkylation sites (tertiary alicyclic amines) is 1. The maximum Gasteiger partial charge on any atom is 0.330 e.